The molecule has 4 aromatic rings. The van der Waals surface area contributed by atoms with E-state index in [1.54, 1.807) is 0 Å². The maximum atomic E-state index is 4.92. The lowest BCUT2D eigenvalue weighted by Gasteiger charge is -2.05. The summed E-state index contributed by atoms with van der Waals surface area (Å²) in [5, 5.41) is 2.55. The minimum atomic E-state index is 0.855. The molecule has 0 bridgehead atoms. The quantitative estimate of drug-likeness (QED) is 0.414. The SMILES string of the molecule is Cc1cc2c3c(cc(C)cc3c1)-c1nc3cc(C)ncc3nc1-2. The van der Waals surface area contributed by atoms with Crippen molar-refractivity contribution in [2.45, 2.75) is 20.8 Å². The third-order valence-electron chi connectivity index (χ3n) is 4.54. The van der Waals surface area contributed by atoms with Gasteiger partial charge in [-0.15, -0.1) is 0 Å². The molecule has 0 saturated heterocycles. The van der Waals surface area contributed by atoms with Gasteiger partial charge < -0.3 is 0 Å². The fourth-order valence-electron chi connectivity index (χ4n) is 3.63. The molecular formula is C20H15N3. The highest BCUT2D eigenvalue weighted by Crippen LogP contribution is 2.46. The molecule has 0 amide bonds. The molecule has 0 aliphatic heterocycles. The van der Waals surface area contributed by atoms with Crippen LogP contribution in [-0.4, -0.2) is 15.0 Å². The van der Waals surface area contributed by atoms with Gasteiger partial charge in [0.15, 0.2) is 0 Å². The Bertz CT molecular complexity index is 1140. The monoisotopic (exact) mass is 297 g/mol. The summed E-state index contributed by atoms with van der Waals surface area (Å²) in [4.78, 5) is 14.2. The molecule has 0 spiro atoms. The van der Waals surface area contributed by atoms with E-state index in [0.717, 1.165) is 28.1 Å². The van der Waals surface area contributed by atoms with E-state index in [4.69, 9.17) is 9.97 Å². The standard InChI is InChI=1S/C20H15N3/c1-10-4-13-5-11(2)7-15-18(13)14(6-10)19-20(15)23-17-9-21-12(3)8-16(17)22-19/h4-9H,1-3H3. The van der Waals surface area contributed by atoms with Crippen molar-refractivity contribution in [2.75, 3.05) is 0 Å². The van der Waals surface area contributed by atoms with Crippen molar-refractivity contribution in [2.24, 2.45) is 0 Å². The minimum Gasteiger partial charge on any atom is -0.259 e. The van der Waals surface area contributed by atoms with Crippen molar-refractivity contribution in [1.82, 2.24) is 15.0 Å². The molecule has 2 heterocycles. The molecule has 23 heavy (non-hydrogen) atoms. The Hall–Kier alpha value is -2.81. The number of fused-ring (bicyclic) bond motifs is 4. The maximum Gasteiger partial charge on any atom is 0.108 e. The van der Waals surface area contributed by atoms with Gasteiger partial charge in [0.2, 0.25) is 0 Å². The predicted molar refractivity (Wildman–Crippen MR) is 93.5 cm³/mol. The number of rotatable bonds is 0. The third-order valence-corrected chi connectivity index (χ3v) is 4.54. The number of hydrogen-bond acceptors (Lipinski definition) is 3. The Morgan fingerprint density at radius 3 is 1.96 bits per heavy atom. The van der Waals surface area contributed by atoms with E-state index in [1.807, 2.05) is 19.2 Å². The summed E-state index contributed by atoms with van der Waals surface area (Å²) in [5.74, 6) is 0. The highest BCUT2D eigenvalue weighted by atomic mass is 14.9. The molecule has 1 aliphatic rings. The van der Waals surface area contributed by atoms with Crippen LogP contribution < -0.4 is 0 Å². The van der Waals surface area contributed by atoms with Crippen LogP contribution in [0.15, 0.2) is 36.5 Å². The van der Waals surface area contributed by atoms with E-state index in [1.165, 1.54) is 33.0 Å². The molecule has 110 valence electrons. The van der Waals surface area contributed by atoms with Crippen LogP contribution in [0.5, 0.6) is 0 Å². The first-order valence-corrected chi connectivity index (χ1v) is 7.80. The molecule has 5 rings (SSSR count). The Kier molecular flexibility index (Phi) is 2.28. The number of aromatic nitrogens is 3. The number of nitrogens with zero attached hydrogens (tertiary/aromatic N) is 3. The van der Waals surface area contributed by atoms with Crippen LogP contribution in [0.25, 0.3) is 44.3 Å². The highest BCUT2D eigenvalue weighted by Gasteiger charge is 2.25. The lowest BCUT2D eigenvalue weighted by molar-refractivity contribution is 1.19. The first-order chi connectivity index (χ1) is 11.1. The second kappa shape index (κ2) is 4.13. The first kappa shape index (κ1) is 12.7. The van der Waals surface area contributed by atoms with Crippen LogP contribution in [0.2, 0.25) is 0 Å². The molecule has 2 aromatic carbocycles. The van der Waals surface area contributed by atoms with Crippen LogP contribution >= 0.6 is 0 Å². The van der Waals surface area contributed by atoms with Crippen LogP contribution in [0.3, 0.4) is 0 Å². The second-order valence-electron chi connectivity index (χ2n) is 6.46. The topological polar surface area (TPSA) is 38.7 Å². The van der Waals surface area contributed by atoms with Gasteiger partial charge in [-0.05, 0) is 55.5 Å². The molecule has 0 unspecified atom stereocenters. The lowest BCUT2D eigenvalue weighted by Crippen LogP contribution is -1.92. The van der Waals surface area contributed by atoms with Gasteiger partial charge in [0.25, 0.3) is 0 Å². The van der Waals surface area contributed by atoms with Gasteiger partial charge >= 0.3 is 0 Å². The summed E-state index contributed by atoms with van der Waals surface area (Å²) in [6.45, 7) is 6.26. The molecule has 0 N–H and O–H groups in total. The van der Waals surface area contributed by atoms with Gasteiger partial charge in [-0.3, -0.25) is 4.98 Å². The summed E-state index contributed by atoms with van der Waals surface area (Å²) in [6, 6.07) is 10.9. The fraction of sp³-hybridized carbons (Fsp3) is 0.150. The maximum absolute atomic E-state index is 4.92. The van der Waals surface area contributed by atoms with Crippen molar-refractivity contribution in [3.8, 4) is 22.5 Å². The van der Waals surface area contributed by atoms with Gasteiger partial charge in [0, 0.05) is 22.2 Å². The molecule has 0 saturated carbocycles. The van der Waals surface area contributed by atoms with E-state index in [9.17, 15) is 0 Å². The molecular weight excluding hydrogens is 282 g/mol. The summed E-state index contributed by atoms with van der Waals surface area (Å²) < 4.78 is 0. The Morgan fingerprint density at radius 1 is 0.696 bits per heavy atom. The zero-order chi connectivity index (χ0) is 15.7. The number of aryl methyl sites for hydroxylation is 3. The summed E-state index contributed by atoms with van der Waals surface area (Å²) >= 11 is 0. The van der Waals surface area contributed by atoms with E-state index in [2.05, 4.69) is 43.1 Å². The summed E-state index contributed by atoms with van der Waals surface area (Å²) in [7, 11) is 0. The van der Waals surface area contributed by atoms with Crippen LogP contribution in [0.1, 0.15) is 16.8 Å². The number of pyridine rings is 1. The number of hydrogen-bond donors (Lipinski definition) is 0. The first-order valence-electron chi connectivity index (χ1n) is 7.80. The highest BCUT2D eigenvalue weighted by molar-refractivity contribution is 6.14. The molecule has 3 nitrogen and oxygen atoms in total. The van der Waals surface area contributed by atoms with E-state index in [0.29, 0.717) is 0 Å². The molecule has 0 fully saturated rings. The molecule has 1 aliphatic carbocycles. The summed E-state index contributed by atoms with van der Waals surface area (Å²) in [5.41, 5.74) is 9.62. The second-order valence-corrected chi connectivity index (χ2v) is 6.46. The average Bonchev–Trinajstić information content (AvgIpc) is 2.79. The number of benzene rings is 2. The van der Waals surface area contributed by atoms with Crippen molar-refractivity contribution in [3.05, 3.63) is 53.3 Å². The van der Waals surface area contributed by atoms with Gasteiger partial charge in [0.05, 0.1) is 23.1 Å². The molecule has 2 aromatic heterocycles. The van der Waals surface area contributed by atoms with Gasteiger partial charge in [-0.25, -0.2) is 9.97 Å². The molecule has 0 radical (unpaired) electrons. The Morgan fingerprint density at radius 2 is 1.30 bits per heavy atom. The normalized spacial score (nSPS) is 12.1. The van der Waals surface area contributed by atoms with Gasteiger partial charge in [-0.2, -0.15) is 0 Å². The van der Waals surface area contributed by atoms with Crippen molar-refractivity contribution in [1.29, 1.82) is 0 Å². The lowest BCUT2D eigenvalue weighted by atomic mass is 9.99. The van der Waals surface area contributed by atoms with Crippen LogP contribution in [-0.2, 0) is 0 Å². The van der Waals surface area contributed by atoms with E-state index in [-0.39, 0.29) is 0 Å². The molecule has 3 heteroatoms. The predicted octanol–water partition coefficient (Wildman–Crippen LogP) is 4.75. The minimum absolute atomic E-state index is 0.855. The van der Waals surface area contributed by atoms with Crippen molar-refractivity contribution in [3.63, 3.8) is 0 Å². The zero-order valence-corrected chi connectivity index (χ0v) is 13.3. The summed E-state index contributed by atoms with van der Waals surface area (Å²) in [6.07, 6.45) is 1.82. The Labute approximate surface area is 134 Å². The van der Waals surface area contributed by atoms with Gasteiger partial charge in [-0.1, -0.05) is 12.1 Å². The van der Waals surface area contributed by atoms with Crippen LogP contribution in [0, 0.1) is 20.8 Å². The van der Waals surface area contributed by atoms with E-state index >= 15 is 0 Å². The smallest absolute Gasteiger partial charge is 0.108 e. The van der Waals surface area contributed by atoms with E-state index < -0.39 is 0 Å². The Balaban J connectivity index is 1.98. The van der Waals surface area contributed by atoms with Gasteiger partial charge in [0.1, 0.15) is 5.52 Å². The zero-order valence-electron chi connectivity index (χ0n) is 13.3. The van der Waals surface area contributed by atoms with Crippen LogP contribution in [0.4, 0.5) is 0 Å². The average molecular weight is 297 g/mol. The fourth-order valence-corrected chi connectivity index (χ4v) is 3.63. The van der Waals surface area contributed by atoms with Crippen molar-refractivity contribution < 1.29 is 0 Å². The largest absolute Gasteiger partial charge is 0.259 e. The third kappa shape index (κ3) is 1.67. The van der Waals surface area contributed by atoms with Crippen molar-refractivity contribution >= 4 is 21.8 Å². The molecule has 0 atom stereocenters.